The van der Waals surface area contributed by atoms with Crippen LogP contribution in [0.5, 0.6) is 0 Å². The highest BCUT2D eigenvalue weighted by Crippen LogP contribution is 2.38. The Morgan fingerprint density at radius 1 is 1.39 bits per heavy atom. The maximum absolute atomic E-state index is 11.7. The van der Waals surface area contributed by atoms with Crippen LogP contribution in [0.1, 0.15) is 28.2 Å². The molecule has 0 saturated heterocycles. The van der Waals surface area contributed by atoms with Crippen LogP contribution in [0.2, 0.25) is 0 Å². The van der Waals surface area contributed by atoms with Crippen molar-refractivity contribution in [3.8, 4) is 0 Å². The van der Waals surface area contributed by atoms with Crippen LogP contribution in [0.15, 0.2) is 6.07 Å². The lowest BCUT2D eigenvalue weighted by molar-refractivity contribution is -0.140. The van der Waals surface area contributed by atoms with Crippen molar-refractivity contribution in [1.29, 1.82) is 0 Å². The van der Waals surface area contributed by atoms with Gasteiger partial charge in [-0.3, -0.25) is 9.59 Å². The van der Waals surface area contributed by atoms with Crippen LogP contribution in [-0.4, -0.2) is 17.0 Å². The molecule has 96 valence electrons. The predicted octanol–water partition coefficient (Wildman–Crippen LogP) is 1.57. The van der Waals surface area contributed by atoms with Gasteiger partial charge >= 0.3 is 5.97 Å². The minimum atomic E-state index is -0.856. The van der Waals surface area contributed by atoms with E-state index in [1.165, 1.54) is 21.7 Å². The molecule has 2 aliphatic rings. The quantitative estimate of drug-likeness (QED) is 0.868. The van der Waals surface area contributed by atoms with Crippen molar-refractivity contribution >= 4 is 23.2 Å². The molecule has 2 N–H and O–H groups in total. The number of aryl methyl sites for hydroxylation is 2. The molecule has 1 fully saturated rings. The highest BCUT2D eigenvalue weighted by molar-refractivity contribution is 7.12. The summed E-state index contributed by atoms with van der Waals surface area (Å²) >= 11 is 1.77. The first-order valence-corrected chi connectivity index (χ1v) is 7.08. The minimum absolute atomic E-state index is 0.115. The molecular weight excluding hydrogens is 250 g/mol. The fourth-order valence-electron chi connectivity index (χ4n) is 2.54. The molecule has 3 rings (SSSR count). The molecular formula is C13H15NO3S. The zero-order valence-electron chi connectivity index (χ0n) is 9.94. The summed E-state index contributed by atoms with van der Waals surface area (Å²) in [6.45, 7) is 0.541. The normalized spacial score (nSPS) is 24.7. The fourth-order valence-corrected chi connectivity index (χ4v) is 3.74. The Bertz CT molecular complexity index is 487. The molecule has 4 nitrogen and oxygen atoms in total. The molecule has 1 aromatic rings. The molecule has 0 spiro atoms. The Morgan fingerprint density at radius 3 is 2.89 bits per heavy atom. The smallest absolute Gasteiger partial charge is 0.307 e. The van der Waals surface area contributed by atoms with Gasteiger partial charge in [0.15, 0.2) is 0 Å². The van der Waals surface area contributed by atoms with Gasteiger partial charge in [-0.2, -0.15) is 0 Å². The summed E-state index contributed by atoms with van der Waals surface area (Å²) in [5, 5.41) is 11.6. The molecule has 1 heterocycles. The third kappa shape index (κ3) is 2.14. The van der Waals surface area contributed by atoms with Crippen LogP contribution in [0.4, 0.5) is 0 Å². The molecule has 18 heavy (non-hydrogen) atoms. The van der Waals surface area contributed by atoms with Gasteiger partial charge in [-0.05, 0) is 37.3 Å². The van der Waals surface area contributed by atoms with Gasteiger partial charge in [0, 0.05) is 9.75 Å². The van der Waals surface area contributed by atoms with Crippen LogP contribution < -0.4 is 5.32 Å². The van der Waals surface area contributed by atoms with E-state index in [0.29, 0.717) is 13.0 Å². The second-order valence-electron chi connectivity index (χ2n) is 5.02. The molecule has 0 aliphatic heterocycles. The summed E-state index contributed by atoms with van der Waals surface area (Å²) in [7, 11) is 0. The number of aliphatic carboxylic acids is 1. The van der Waals surface area contributed by atoms with Crippen molar-refractivity contribution in [2.45, 2.75) is 32.2 Å². The maximum atomic E-state index is 11.7. The first kappa shape index (κ1) is 11.7. The zero-order chi connectivity index (χ0) is 12.7. The number of carbonyl (C=O) groups excluding carboxylic acids is 1. The molecule has 1 aromatic heterocycles. The van der Waals surface area contributed by atoms with Gasteiger partial charge in [0.1, 0.15) is 0 Å². The Kier molecular flexibility index (Phi) is 2.86. The van der Waals surface area contributed by atoms with Crippen LogP contribution in [-0.2, 0) is 29.0 Å². The highest BCUT2D eigenvalue weighted by Gasteiger charge is 2.48. The van der Waals surface area contributed by atoms with Gasteiger partial charge in [-0.1, -0.05) is 0 Å². The van der Waals surface area contributed by atoms with E-state index < -0.39 is 11.9 Å². The number of thiophene rings is 1. The molecule has 5 heteroatoms. The Balaban J connectivity index is 1.52. The molecule has 0 bridgehead atoms. The molecule has 0 radical (unpaired) electrons. The number of hydrogen-bond donors (Lipinski definition) is 2. The van der Waals surface area contributed by atoms with E-state index in [9.17, 15) is 9.59 Å². The van der Waals surface area contributed by atoms with E-state index in [2.05, 4.69) is 11.4 Å². The van der Waals surface area contributed by atoms with Crippen molar-refractivity contribution in [1.82, 2.24) is 5.32 Å². The van der Waals surface area contributed by atoms with Crippen molar-refractivity contribution < 1.29 is 14.7 Å². The van der Waals surface area contributed by atoms with Crippen molar-refractivity contribution in [3.05, 3.63) is 21.4 Å². The molecule has 0 unspecified atom stereocenters. The Labute approximate surface area is 109 Å². The van der Waals surface area contributed by atoms with Crippen LogP contribution in [0.3, 0.4) is 0 Å². The molecule has 1 saturated carbocycles. The summed E-state index contributed by atoms with van der Waals surface area (Å²) in [4.78, 5) is 25.0. The number of amides is 1. The van der Waals surface area contributed by atoms with Crippen molar-refractivity contribution in [2.24, 2.45) is 11.8 Å². The van der Waals surface area contributed by atoms with E-state index in [4.69, 9.17) is 5.11 Å². The lowest BCUT2D eigenvalue weighted by Crippen LogP contribution is -2.25. The summed E-state index contributed by atoms with van der Waals surface area (Å²) in [6, 6.07) is 2.18. The Hall–Kier alpha value is -1.36. The minimum Gasteiger partial charge on any atom is -0.481 e. The summed E-state index contributed by atoms with van der Waals surface area (Å²) < 4.78 is 0. The summed E-state index contributed by atoms with van der Waals surface area (Å²) in [5.74, 6) is -1.74. The topological polar surface area (TPSA) is 66.4 Å². The third-order valence-corrected chi connectivity index (χ3v) is 4.92. The lowest BCUT2D eigenvalue weighted by Gasteiger charge is -2.02. The van der Waals surface area contributed by atoms with E-state index in [1.54, 1.807) is 11.3 Å². The number of rotatable bonds is 4. The zero-order valence-corrected chi connectivity index (χ0v) is 10.8. The van der Waals surface area contributed by atoms with Crippen molar-refractivity contribution in [2.75, 3.05) is 0 Å². The third-order valence-electron chi connectivity index (χ3n) is 3.68. The van der Waals surface area contributed by atoms with Crippen LogP contribution in [0, 0.1) is 11.8 Å². The molecule has 0 aromatic carbocycles. The first-order chi connectivity index (χ1) is 8.65. The number of fused-ring (bicyclic) bond motifs is 1. The van der Waals surface area contributed by atoms with Gasteiger partial charge in [0.2, 0.25) is 5.91 Å². The van der Waals surface area contributed by atoms with E-state index in [-0.39, 0.29) is 11.8 Å². The Morgan fingerprint density at radius 2 is 2.22 bits per heavy atom. The number of carboxylic acids is 1. The monoisotopic (exact) mass is 265 g/mol. The summed E-state index contributed by atoms with van der Waals surface area (Å²) in [5.41, 5.74) is 1.43. The van der Waals surface area contributed by atoms with Gasteiger partial charge in [0.25, 0.3) is 0 Å². The number of hydrogen-bond acceptors (Lipinski definition) is 3. The SMILES string of the molecule is O=C(O)[C@H]1C[C@H]1C(=O)NCc1cc2c(s1)CCC2. The second-order valence-corrected chi connectivity index (χ2v) is 6.24. The first-order valence-electron chi connectivity index (χ1n) is 6.26. The standard InChI is InChI=1S/C13H15NO3S/c15-12(9-5-10(9)13(16)17)14-6-8-4-7-2-1-3-11(7)18-8/h4,9-10H,1-3,5-6H2,(H,14,15)(H,16,17)/t9-,10+/m1/s1. The van der Waals surface area contributed by atoms with E-state index in [0.717, 1.165) is 12.8 Å². The van der Waals surface area contributed by atoms with Gasteiger partial charge in [0.05, 0.1) is 18.4 Å². The highest BCUT2D eigenvalue weighted by atomic mass is 32.1. The van der Waals surface area contributed by atoms with Crippen molar-refractivity contribution in [3.63, 3.8) is 0 Å². The fraction of sp³-hybridized carbons (Fsp3) is 0.538. The molecule has 2 atom stereocenters. The number of carbonyl (C=O) groups is 2. The van der Waals surface area contributed by atoms with Gasteiger partial charge in [-0.25, -0.2) is 0 Å². The average molecular weight is 265 g/mol. The molecule has 1 amide bonds. The second kappa shape index (κ2) is 4.39. The van der Waals surface area contributed by atoms with E-state index in [1.807, 2.05) is 0 Å². The van der Waals surface area contributed by atoms with Crippen LogP contribution in [0.25, 0.3) is 0 Å². The average Bonchev–Trinajstić information content (AvgIpc) is 2.87. The van der Waals surface area contributed by atoms with Crippen LogP contribution >= 0.6 is 11.3 Å². The summed E-state index contributed by atoms with van der Waals surface area (Å²) in [6.07, 6.45) is 4.05. The number of nitrogens with one attached hydrogen (secondary N) is 1. The maximum Gasteiger partial charge on any atom is 0.307 e. The predicted molar refractivity (Wildman–Crippen MR) is 67.4 cm³/mol. The van der Waals surface area contributed by atoms with Gasteiger partial charge in [-0.15, -0.1) is 11.3 Å². The molecule has 2 aliphatic carbocycles. The van der Waals surface area contributed by atoms with Gasteiger partial charge < -0.3 is 10.4 Å². The number of carboxylic acid groups (broad SMARTS) is 1. The largest absolute Gasteiger partial charge is 0.481 e. The van der Waals surface area contributed by atoms with E-state index >= 15 is 0 Å². The lowest BCUT2D eigenvalue weighted by atomic mass is 10.2.